The molecule has 1 aliphatic heterocycles. The Morgan fingerprint density at radius 2 is 1.72 bits per heavy atom. The third-order valence-corrected chi connectivity index (χ3v) is 9.04. The highest BCUT2D eigenvalue weighted by molar-refractivity contribution is 6.39. The average molecular weight is 746 g/mol. The monoisotopic (exact) mass is 744 g/mol. The number of aromatic nitrogens is 4. The fourth-order valence-electron chi connectivity index (χ4n) is 5.65. The molecule has 0 bridgehead atoms. The van der Waals surface area contributed by atoms with Crippen molar-refractivity contribution in [3.63, 3.8) is 0 Å². The molecule has 17 heteroatoms. The summed E-state index contributed by atoms with van der Waals surface area (Å²) in [6.45, 7) is 7.20. The van der Waals surface area contributed by atoms with Crippen LogP contribution in [-0.2, 0) is 13.6 Å². The Kier molecular flexibility index (Phi) is 10.8. The number of carbonyl (C=O) groups excluding carboxylic acids is 1. The number of alkyl halides is 6. The van der Waals surface area contributed by atoms with Crippen LogP contribution in [-0.4, -0.2) is 57.4 Å². The first-order valence-corrected chi connectivity index (χ1v) is 16.5. The Morgan fingerprint density at radius 3 is 2.32 bits per heavy atom. The summed E-state index contributed by atoms with van der Waals surface area (Å²) >= 11 is 13.3. The minimum Gasteiger partial charge on any atom is -0.356 e. The molecule has 1 atom stereocenters. The number of nitrogens with one attached hydrogen (secondary N) is 3. The Morgan fingerprint density at radius 1 is 1.02 bits per heavy atom. The molecular weight excluding hydrogens is 709 g/mol. The van der Waals surface area contributed by atoms with Gasteiger partial charge in [-0.3, -0.25) is 14.3 Å². The van der Waals surface area contributed by atoms with Crippen LogP contribution < -0.4 is 20.9 Å². The largest absolute Gasteiger partial charge is 0.414 e. The number of fused-ring (bicyclic) bond motifs is 1. The van der Waals surface area contributed by atoms with Crippen LogP contribution in [0.5, 0.6) is 0 Å². The van der Waals surface area contributed by atoms with Crippen LogP contribution in [0.4, 0.5) is 43.8 Å². The molecule has 1 saturated heterocycles. The lowest BCUT2D eigenvalue weighted by Gasteiger charge is -2.34. The van der Waals surface area contributed by atoms with Crippen LogP contribution in [0.25, 0.3) is 11.2 Å². The van der Waals surface area contributed by atoms with Crippen molar-refractivity contribution in [2.75, 3.05) is 29.9 Å². The number of imidazole rings is 1. The van der Waals surface area contributed by atoms with Crippen molar-refractivity contribution in [3.05, 3.63) is 69.5 Å². The Bertz CT molecular complexity index is 1830. The maximum absolute atomic E-state index is 14.2. The first-order valence-electron chi connectivity index (χ1n) is 15.8. The Hall–Kier alpha value is -3.82. The highest BCUT2D eigenvalue weighted by Gasteiger charge is 2.44. The third kappa shape index (κ3) is 8.55. The number of hydrogen-bond acceptors (Lipinski definition) is 7. The summed E-state index contributed by atoms with van der Waals surface area (Å²) in [5, 5.41) is 9.10. The fourth-order valence-corrected chi connectivity index (χ4v) is 6.18. The van der Waals surface area contributed by atoms with Gasteiger partial charge in [-0.1, -0.05) is 56.1 Å². The van der Waals surface area contributed by atoms with E-state index in [1.165, 1.54) is 33.9 Å². The van der Waals surface area contributed by atoms with Crippen LogP contribution in [0.3, 0.4) is 0 Å². The van der Waals surface area contributed by atoms with Gasteiger partial charge in [-0.25, -0.2) is 9.97 Å². The van der Waals surface area contributed by atoms with Gasteiger partial charge in [0.1, 0.15) is 11.3 Å². The average Bonchev–Trinajstić information content (AvgIpc) is 3.34. The number of piperidine rings is 1. The summed E-state index contributed by atoms with van der Waals surface area (Å²) in [4.78, 5) is 28.1. The van der Waals surface area contributed by atoms with Crippen molar-refractivity contribution in [2.45, 2.75) is 58.6 Å². The van der Waals surface area contributed by atoms with Crippen LogP contribution in [0.15, 0.2) is 42.6 Å². The van der Waals surface area contributed by atoms with Gasteiger partial charge in [-0.05, 0) is 48.1 Å². The predicted octanol–water partition coefficient (Wildman–Crippen LogP) is 8.36. The van der Waals surface area contributed by atoms with E-state index in [0.717, 1.165) is 18.2 Å². The number of hydrogen-bond donors (Lipinski definition) is 3. The van der Waals surface area contributed by atoms with Crippen molar-refractivity contribution in [3.8, 4) is 0 Å². The molecule has 1 unspecified atom stereocenters. The van der Waals surface area contributed by atoms with Gasteiger partial charge in [0, 0.05) is 39.4 Å². The predicted molar refractivity (Wildman–Crippen MR) is 181 cm³/mol. The molecule has 0 aliphatic carbocycles. The van der Waals surface area contributed by atoms with Gasteiger partial charge in [-0.2, -0.15) is 26.3 Å². The van der Waals surface area contributed by atoms with E-state index >= 15 is 0 Å². The summed E-state index contributed by atoms with van der Waals surface area (Å²) in [5.41, 5.74) is 0.752. The van der Waals surface area contributed by atoms with Crippen molar-refractivity contribution >= 4 is 57.7 Å². The zero-order valence-electron chi connectivity index (χ0n) is 27.6. The number of anilines is 3. The summed E-state index contributed by atoms with van der Waals surface area (Å²) in [5.74, 6) is -2.59. The summed E-state index contributed by atoms with van der Waals surface area (Å²) in [7, 11) is 1.61. The number of benzene rings is 1. The van der Waals surface area contributed by atoms with E-state index in [0.29, 0.717) is 17.3 Å². The van der Waals surface area contributed by atoms with Gasteiger partial charge < -0.3 is 20.9 Å². The number of pyridine rings is 2. The lowest BCUT2D eigenvalue weighted by atomic mass is 9.96. The smallest absolute Gasteiger partial charge is 0.356 e. The quantitative estimate of drug-likeness (QED) is 0.148. The number of aryl methyl sites for hydroxylation is 1. The maximum atomic E-state index is 14.2. The van der Waals surface area contributed by atoms with E-state index in [9.17, 15) is 31.1 Å². The summed E-state index contributed by atoms with van der Waals surface area (Å²) in [6.07, 6.45) is -8.70. The second kappa shape index (κ2) is 14.4. The molecule has 1 aliphatic rings. The van der Waals surface area contributed by atoms with Gasteiger partial charge in [0.15, 0.2) is 11.7 Å². The molecule has 50 heavy (non-hydrogen) atoms. The molecular formula is C33H36Cl2F6N8O. The molecule has 3 N–H and O–H groups in total. The van der Waals surface area contributed by atoms with Gasteiger partial charge in [0.25, 0.3) is 5.91 Å². The van der Waals surface area contributed by atoms with Crippen LogP contribution in [0.1, 0.15) is 61.3 Å². The molecule has 3 aromatic heterocycles. The summed E-state index contributed by atoms with van der Waals surface area (Å²) in [6, 6.07) is 6.20. The molecule has 5 rings (SSSR count). The molecule has 0 spiro atoms. The molecule has 1 aromatic carbocycles. The van der Waals surface area contributed by atoms with E-state index in [1.807, 2.05) is 5.32 Å². The zero-order valence-corrected chi connectivity index (χ0v) is 29.1. The second-order valence-corrected chi connectivity index (χ2v) is 14.2. The lowest BCUT2D eigenvalue weighted by molar-refractivity contribution is -0.179. The first kappa shape index (κ1) is 37.4. The van der Waals surface area contributed by atoms with Gasteiger partial charge in [0.05, 0.1) is 32.9 Å². The standard InChI is InChI=1S/C33H36Cl2F6N8O/c1-31(2,3)17-42-16-18-8-9-21(34)25(24(18)35)45-30-44-23-15-20(29(50)46-26(33(39,40)41)22-7-5-6-12-43-22)27(47-28(23)48(30)4)49-13-10-19(11-14-49)32(36,37)38/h5-9,12,15,19,26,42H,10-11,13-14,16-17H2,1-4H3,(H,44,45)(H,46,50). The van der Waals surface area contributed by atoms with Gasteiger partial charge in [-0.15, -0.1) is 0 Å². The van der Waals surface area contributed by atoms with E-state index in [-0.39, 0.29) is 64.9 Å². The molecule has 270 valence electrons. The zero-order chi connectivity index (χ0) is 36.6. The van der Waals surface area contributed by atoms with E-state index in [2.05, 4.69) is 46.4 Å². The van der Waals surface area contributed by atoms with Crippen molar-refractivity contribution < 1.29 is 31.1 Å². The highest BCUT2D eigenvalue weighted by atomic mass is 35.5. The first-order chi connectivity index (χ1) is 23.3. The maximum Gasteiger partial charge on any atom is 0.414 e. The van der Waals surface area contributed by atoms with Crippen molar-refractivity contribution in [2.24, 2.45) is 18.4 Å². The van der Waals surface area contributed by atoms with Gasteiger partial charge in [0.2, 0.25) is 5.95 Å². The SMILES string of the molecule is Cn1c(Nc2c(Cl)ccc(CNCC(C)(C)C)c2Cl)nc2cc(C(=O)NC(c3ccccn3)C(F)(F)F)c(N3CCC(C(F)(F)F)CC3)nc21. The highest BCUT2D eigenvalue weighted by Crippen LogP contribution is 2.39. The molecule has 0 saturated carbocycles. The molecule has 0 radical (unpaired) electrons. The fraction of sp³-hybridized carbons (Fsp3) is 0.455. The molecule has 4 heterocycles. The van der Waals surface area contributed by atoms with E-state index in [1.54, 1.807) is 19.2 Å². The normalized spacial score (nSPS) is 15.4. The molecule has 9 nitrogen and oxygen atoms in total. The van der Waals surface area contributed by atoms with E-state index < -0.39 is 35.9 Å². The topological polar surface area (TPSA) is 100 Å². The van der Waals surface area contributed by atoms with Crippen LogP contribution >= 0.6 is 23.2 Å². The van der Waals surface area contributed by atoms with E-state index in [4.69, 9.17) is 23.2 Å². The van der Waals surface area contributed by atoms with Gasteiger partial charge >= 0.3 is 12.4 Å². The number of carbonyl (C=O) groups is 1. The minimum atomic E-state index is -4.91. The molecule has 4 aromatic rings. The number of nitrogens with zero attached hydrogens (tertiary/aromatic N) is 5. The number of amides is 1. The second-order valence-electron chi connectivity index (χ2n) is 13.4. The minimum absolute atomic E-state index is 0.0367. The number of rotatable bonds is 9. The summed E-state index contributed by atoms with van der Waals surface area (Å²) < 4.78 is 84.5. The number of halogens is 8. The Labute approximate surface area is 294 Å². The Balaban J connectivity index is 1.53. The van der Waals surface area contributed by atoms with Crippen molar-refractivity contribution in [1.29, 1.82) is 0 Å². The third-order valence-electron chi connectivity index (χ3n) is 8.29. The van der Waals surface area contributed by atoms with Crippen molar-refractivity contribution in [1.82, 2.24) is 30.2 Å². The van der Waals surface area contributed by atoms with Crippen LogP contribution in [0, 0.1) is 11.3 Å². The lowest BCUT2D eigenvalue weighted by Crippen LogP contribution is -2.42. The molecule has 1 amide bonds. The van der Waals surface area contributed by atoms with Crippen LogP contribution in [0.2, 0.25) is 10.0 Å². The molecule has 1 fully saturated rings.